The van der Waals surface area contributed by atoms with Crippen molar-refractivity contribution in [1.29, 1.82) is 0 Å². The van der Waals surface area contributed by atoms with Crippen molar-refractivity contribution in [2.45, 2.75) is 19.4 Å². The molecule has 0 saturated heterocycles. The van der Waals surface area contributed by atoms with Crippen LogP contribution in [-0.4, -0.2) is 56.7 Å². The number of nitrogens with zero attached hydrogens (tertiary/aromatic N) is 3. The second-order valence-electron chi connectivity index (χ2n) is 5.23. The smallest absolute Gasteiger partial charge is 0.336 e. The van der Waals surface area contributed by atoms with Gasteiger partial charge in [-0.25, -0.2) is 4.79 Å². The Morgan fingerprint density at radius 2 is 1.81 bits per heavy atom. The number of rotatable bonds is 10. The Hall–Kier alpha value is -3.56. The minimum Gasteiger partial charge on any atom is -0.467 e. The van der Waals surface area contributed by atoms with Crippen molar-refractivity contribution in [3.63, 3.8) is 0 Å². The average Bonchev–Trinajstić information content (AvgIpc) is 2.66. The van der Waals surface area contributed by atoms with E-state index in [1.165, 1.54) is 0 Å². The number of ether oxygens (including phenoxy) is 1. The fourth-order valence-corrected chi connectivity index (χ4v) is 2.10. The van der Waals surface area contributed by atoms with Crippen LogP contribution in [0.15, 0.2) is 34.5 Å². The largest absolute Gasteiger partial charge is 0.467 e. The molecule has 1 aromatic rings. The molecular formula is C17H21N5O5. The van der Waals surface area contributed by atoms with E-state index in [0.717, 1.165) is 19.2 Å². The van der Waals surface area contributed by atoms with E-state index in [0.29, 0.717) is 5.69 Å². The molecule has 2 amide bonds. The number of hydrazone groups is 2. The highest BCUT2D eigenvalue weighted by atomic mass is 16.5. The molecule has 144 valence electrons. The molecule has 0 radical (unpaired) electrons. The van der Waals surface area contributed by atoms with Crippen LogP contribution in [0.3, 0.4) is 0 Å². The van der Waals surface area contributed by atoms with E-state index in [-0.39, 0.29) is 18.5 Å². The molecule has 0 aliphatic heterocycles. The third-order valence-corrected chi connectivity index (χ3v) is 3.42. The first-order chi connectivity index (χ1) is 12.8. The molecule has 0 spiro atoms. The third-order valence-electron chi connectivity index (χ3n) is 3.42. The zero-order chi connectivity index (χ0) is 20.4. The fourth-order valence-electron chi connectivity index (χ4n) is 2.10. The highest BCUT2D eigenvalue weighted by molar-refractivity contribution is 6.04. The van der Waals surface area contributed by atoms with Gasteiger partial charge < -0.3 is 15.4 Å². The first-order valence-corrected chi connectivity index (χ1v) is 7.84. The third kappa shape index (κ3) is 6.03. The summed E-state index contributed by atoms with van der Waals surface area (Å²) in [5, 5.41) is 13.2. The van der Waals surface area contributed by atoms with E-state index < -0.39 is 29.6 Å². The van der Waals surface area contributed by atoms with Gasteiger partial charge in [-0.15, -0.1) is 0 Å². The Morgan fingerprint density at radius 3 is 2.37 bits per heavy atom. The van der Waals surface area contributed by atoms with E-state index in [4.69, 9.17) is 0 Å². The molecule has 0 heterocycles. The van der Waals surface area contributed by atoms with Crippen LogP contribution in [0, 0.1) is 0 Å². The van der Waals surface area contributed by atoms with E-state index in [2.05, 4.69) is 39.0 Å². The number of hydrogen-bond acceptors (Lipinski definition) is 8. The maximum atomic E-state index is 12.3. The zero-order valence-electron chi connectivity index (χ0n) is 15.1. The number of anilines is 1. The summed E-state index contributed by atoms with van der Waals surface area (Å²) in [6.07, 6.45) is -0.141. The molecule has 0 saturated carbocycles. The summed E-state index contributed by atoms with van der Waals surface area (Å²) in [6.45, 7) is 7.84. The van der Waals surface area contributed by atoms with Crippen LogP contribution in [0.25, 0.3) is 0 Å². The van der Waals surface area contributed by atoms with Crippen LogP contribution >= 0.6 is 0 Å². The quantitative estimate of drug-likeness (QED) is 0.258. The summed E-state index contributed by atoms with van der Waals surface area (Å²) in [5.74, 6) is -2.46. The lowest BCUT2D eigenvalue weighted by Gasteiger charge is -2.16. The number of hydrogen-bond donors (Lipinski definition) is 2. The number of para-hydroxylation sites is 1. The molecule has 0 aliphatic rings. The van der Waals surface area contributed by atoms with Crippen LogP contribution in [0.2, 0.25) is 0 Å². The summed E-state index contributed by atoms with van der Waals surface area (Å²) in [4.78, 5) is 47.1. The van der Waals surface area contributed by atoms with Crippen LogP contribution in [0.5, 0.6) is 0 Å². The van der Waals surface area contributed by atoms with E-state index in [9.17, 15) is 19.2 Å². The van der Waals surface area contributed by atoms with Gasteiger partial charge in [0.2, 0.25) is 5.91 Å². The van der Waals surface area contributed by atoms with Crippen molar-refractivity contribution in [2.75, 3.05) is 18.8 Å². The number of carbonyl (C=O) groups is 4. The minimum atomic E-state index is -1.37. The van der Waals surface area contributed by atoms with Crippen molar-refractivity contribution in [1.82, 2.24) is 10.6 Å². The molecule has 1 rings (SSSR count). The standard InChI is InChI=1S/C17H21N5O5/c1-11(23)15(17(26)27-4)21-14(24)9-10-20-16(25)12-7-5-6-8-13(12)22(18-2)19-3/h5-8,15H,2-3,9-10H2,1,4H3,(H,20,25)(H,21,24). The topological polar surface area (TPSA) is 130 Å². The normalized spacial score (nSPS) is 10.9. The number of carbonyl (C=O) groups excluding carboxylic acids is 4. The predicted molar refractivity (Wildman–Crippen MR) is 99.6 cm³/mol. The molecule has 1 atom stereocenters. The van der Waals surface area contributed by atoms with Crippen molar-refractivity contribution in [3.8, 4) is 0 Å². The zero-order valence-corrected chi connectivity index (χ0v) is 15.1. The average molecular weight is 375 g/mol. The minimum absolute atomic E-state index is 0.0200. The van der Waals surface area contributed by atoms with E-state index in [1.807, 2.05) is 0 Å². The Labute approximate surface area is 156 Å². The lowest BCUT2D eigenvalue weighted by Crippen LogP contribution is -2.46. The maximum absolute atomic E-state index is 12.3. The highest BCUT2D eigenvalue weighted by Gasteiger charge is 2.25. The molecule has 1 aromatic carbocycles. The molecule has 0 bridgehead atoms. The summed E-state index contributed by atoms with van der Waals surface area (Å²) in [7, 11) is 1.11. The molecule has 10 heteroatoms. The monoisotopic (exact) mass is 375 g/mol. The maximum Gasteiger partial charge on any atom is 0.336 e. The first-order valence-electron chi connectivity index (χ1n) is 7.84. The molecule has 0 fully saturated rings. The van der Waals surface area contributed by atoms with Gasteiger partial charge in [0.05, 0.1) is 18.4 Å². The number of nitrogens with one attached hydrogen (secondary N) is 2. The summed E-state index contributed by atoms with van der Waals surface area (Å²) in [6, 6.07) is 5.14. The van der Waals surface area contributed by atoms with Gasteiger partial charge in [-0.3, -0.25) is 14.4 Å². The van der Waals surface area contributed by atoms with Gasteiger partial charge in [-0.05, 0) is 19.1 Å². The van der Waals surface area contributed by atoms with Crippen molar-refractivity contribution < 1.29 is 23.9 Å². The molecule has 10 nitrogen and oxygen atoms in total. The van der Waals surface area contributed by atoms with Crippen molar-refractivity contribution >= 4 is 42.7 Å². The van der Waals surface area contributed by atoms with Gasteiger partial charge in [0.1, 0.15) is 0 Å². The Balaban J connectivity index is 2.67. The lowest BCUT2D eigenvalue weighted by molar-refractivity contribution is -0.148. The molecule has 27 heavy (non-hydrogen) atoms. The Kier molecular flexibility index (Phi) is 8.30. The second-order valence-corrected chi connectivity index (χ2v) is 5.23. The molecule has 2 N–H and O–H groups in total. The first kappa shape index (κ1) is 21.5. The number of esters is 1. The molecule has 1 unspecified atom stereocenters. The number of methoxy groups -OCH3 is 1. The van der Waals surface area contributed by atoms with Gasteiger partial charge in [0.15, 0.2) is 11.8 Å². The van der Waals surface area contributed by atoms with Gasteiger partial charge in [-0.1, -0.05) is 12.1 Å². The molecular weight excluding hydrogens is 354 g/mol. The number of ketones is 1. The van der Waals surface area contributed by atoms with Crippen molar-refractivity contribution in [3.05, 3.63) is 29.8 Å². The van der Waals surface area contributed by atoms with Crippen LogP contribution in [0.4, 0.5) is 5.69 Å². The second kappa shape index (κ2) is 10.4. The van der Waals surface area contributed by atoms with Gasteiger partial charge in [0, 0.05) is 26.4 Å². The SMILES string of the molecule is C=NN(N=C)c1ccccc1C(=O)NCCC(=O)NC(C(C)=O)C(=O)OC. The number of benzene rings is 1. The Morgan fingerprint density at radius 1 is 1.19 bits per heavy atom. The molecule has 0 aromatic heterocycles. The fraction of sp³-hybridized carbons (Fsp3) is 0.294. The van der Waals surface area contributed by atoms with Gasteiger partial charge in [0.25, 0.3) is 5.91 Å². The van der Waals surface area contributed by atoms with E-state index in [1.54, 1.807) is 24.3 Å². The molecule has 0 aliphatic carbocycles. The van der Waals surface area contributed by atoms with Crippen LogP contribution < -0.4 is 15.8 Å². The summed E-state index contributed by atoms with van der Waals surface area (Å²) >= 11 is 0. The number of amides is 2. The van der Waals surface area contributed by atoms with Gasteiger partial charge in [-0.2, -0.15) is 15.3 Å². The predicted octanol–water partition coefficient (Wildman–Crippen LogP) is 0.0909. The Bertz CT molecular complexity index is 741. The van der Waals surface area contributed by atoms with Crippen LogP contribution in [0.1, 0.15) is 23.7 Å². The van der Waals surface area contributed by atoms with Gasteiger partial charge >= 0.3 is 5.97 Å². The lowest BCUT2D eigenvalue weighted by atomic mass is 10.1. The number of Topliss-reactive ketones (excluding diaryl/α,β-unsaturated/α-hetero) is 1. The van der Waals surface area contributed by atoms with Crippen LogP contribution in [-0.2, 0) is 19.1 Å². The van der Waals surface area contributed by atoms with Crippen molar-refractivity contribution in [2.24, 2.45) is 10.2 Å². The summed E-state index contributed by atoms with van der Waals surface area (Å²) < 4.78 is 4.46. The van der Waals surface area contributed by atoms with E-state index >= 15 is 0 Å². The highest BCUT2D eigenvalue weighted by Crippen LogP contribution is 2.20. The summed E-state index contributed by atoms with van der Waals surface area (Å²) in [5.41, 5.74) is 0.626.